The molecule has 1 saturated carbocycles. The smallest absolute Gasteiger partial charge is 0.223 e. The lowest BCUT2D eigenvalue weighted by Crippen LogP contribution is -2.39. The summed E-state index contributed by atoms with van der Waals surface area (Å²) in [6, 6.07) is 0.561. The molecule has 1 amide bonds. The Kier molecular flexibility index (Phi) is 8.36. The van der Waals surface area contributed by atoms with E-state index in [0.29, 0.717) is 17.9 Å². The third-order valence-corrected chi connectivity index (χ3v) is 6.71. The van der Waals surface area contributed by atoms with Gasteiger partial charge in [0, 0.05) is 19.0 Å². The zero-order valence-electron chi connectivity index (χ0n) is 15.5. The highest BCUT2D eigenvalue weighted by atomic mass is 35.5. The lowest BCUT2D eigenvalue weighted by molar-refractivity contribution is -0.133. The predicted molar refractivity (Wildman–Crippen MR) is 103 cm³/mol. The Hall–Kier alpha value is -0.280. The molecule has 3 nitrogen and oxygen atoms in total. The molecule has 1 aliphatic carbocycles. The number of carbonyl (C=O) groups excluding carboxylic acids is 1. The van der Waals surface area contributed by atoms with Crippen LogP contribution in [0.4, 0.5) is 0 Å². The first-order chi connectivity index (χ1) is 11.2. The maximum Gasteiger partial charge on any atom is 0.223 e. The second-order valence-electron chi connectivity index (χ2n) is 8.39. The summed E-state index contributed by atoms with van der Waals surface area (Å²) in [7, 11) is 0. The first kappa shape index (κ1) is 20.0. The van der Waals surface area contributed by atoms with Crippen molar-refractivity contribution in [3.63, 3.8) is 0 Å². The molecular weight excluding hydrogens is 320 g/mol. The normalized spacial score (nSPS) is 27.7. The van der Waals surface area contributed by atoms with E-state index in [1.165, 1.54) is 64.2 Å². The van der Waals surface area contributed by atoms with Crippen LogP contribution in [0, 0.1) is 17.8 Å². The number of halogens is 1. The van der Waals surface area contributed by atoms with Crippen LogP contribution < -0.4 is 5.32 Å². The Bertz CT molecular complexity index is 378. The minimum Gasteiger partial charge on any atom is -0.340 e. The molecule has 2 aliphatic heterocycles. The van der Waals surface area contributed by atoms with Crippen LogP contribution >= 0.6 is 12.4 Å². The standard InChI is InChI=1S/C20H36N2O.ClH/c1-16(18-9-11-21-12-10-18)14-20(23)22-13-5-8-19(22)15-17-6-3-2-4-7-17;/h16-19,21H,2-15H2,1H3;1H. The molecule has 2 heterocycles. The van der Waals surface area contributed by atoms with E-state index in [9.17, 15) is 4.79 Å². The Morgan fingerprint density at radius 3 is 2.46 bits per heavy atom. The summed E-state index contributed by atoms with van der Waals surface area (Å²) in [5.41, 5.74) is 0. The molecule has 4 heteroatoms. The van der Waals surface area contributed by atoms with Crippen LogP contribution in [0.25, 0.3) is 0 Å². The van der Waals surface area contributed by atoms with Crippen LogP contribution in [0.15, 0.2) is 0 Å². The van der Waals surface area contributed by atoms with Crippen LogP contribution in [0.2, 0.25) is 0 Å². The molecule has 2 atom stereocenters. The average Bonchev–Trinajstić information content (AvgIpc) is 3.05. The van der Waals surface area contributed by atoms with Crippen LogP contribution in [0.5, 0.6) is 0 Å². The van der Waals surface area contributed by atoms with E-state index in [0.717, 1.165) is 37.9 Å². The zero-order chi connectivity index (χ0) is 16.1. The summed E-state index contributed by atoms with van der Waals surface area (Å²) in [5, 5.41) is 3.44. The van der Waals surface area contributed by atoms with Crippen molar-refractivity contribution in [3.8, 4) is 0 Å². The van der Waals surface area contributed by atoms with E-state index in [4.69, 9.17) is 0 Å². The fourth-order valence-electron chi connectivity index (χ4n) is 5.19. The second kappa shape index (κ2) is 10.0. The third kappa shape index (κ3) is 5.36. The van der Waals surface area contributed by atoms with E-state index in [1.54, 1.807) is 0 Å². The molecule has 0 aromatic rings. The largest absolute Gasteiger partial charge is 0.340 e. The molecule has 0 spiro atoms. The van der Waals surface area contributed by atoms with E-state index in [1.807, 2.05) is 0 Å². The number of amides is 1. The highest BCUT2D eigenvalue weighted by Gasteiger charge is 2.32. The molecule has 2 saturated heterocycles. The highest BCUT2D eigenvalue weighted by Crippen LogP contribution is 2.33. The van der Waals surface area contributed by atoms with Gasteiger partial charge in [0.15, 0.2) is 0 Å². The molecule has 3 rings (SSSR count). The predicted octanol–water partition coefficient (Wildman–Crippen LogP) is 4.40. The number of rotatable bonds is 5. The van der Waals surface area contributed by atoms with Gasteiger partial charge in [-0.15, -0.1) is 12.4 Å². The number of piperidine rings is 1. The van der Waals surface area contributed by atoms with E-state index >= 15 is 0 Å². The van der Waals surface area contributed by atoms with Gasteiger partial charge in [-0.3, -0.25) is 4.79 Å². The zero-order valence-corrected chi connectivity index (χ0v) is 16.3. The van der Waals surface area contributed by atoms with Crippen molar-refractivity contribution in [2.75, 3.05) is 19.6 Å². The van der Waals surface area contributed by atoms with Crippen molar-refractivity contribution in [2.24, 2.45) is 17.8 Å². The van der Waals surface area contributed by atoms with Crippen molar-refractivity contribution in [3.05, 3.63) is 0 Å². The lowest BCUT2D eigenvalue weighted by Gasteiger charge is -2.32. The van der Waals surface area contributed by atoms with E-state index in [-0.39, 0.29) is 12.4 Å². The van der Waals surface area contributed by atoms with Crippen molar-refractivity contribution in [1.82, 2.24) is 10.2 Å². The Morgan fingerprint density at radius 1 is 1.04 bits per heavy atom. The van der Waals surface area contributed by atoms with Crippen molar-refractivity contribution < 1.29 is 4.79 Å². The molecular formula is C20H37ClN2O. The third-order valence-electron chi connectivity index (χ3n) is 6.71. The van der Waals surface area contributed by atoms with Crippen LogP contribution in [0.1, 0.15) is 77.6 Å². The van der Waals surface area contributed by atoms with Crippen LogP contribution in [0.3, 0.4) is 0 Å². The lowest BCUT2D eigenvalue weighted by atomic mass is 9.83. The van der Waals surface area contributed by atoms with E-state index < -0.39 is 0 Å². The minimum absolute atomic E-state index is 0. The van der Waals surface area contributed by atoms with Gasteiger partial charge in [0.1, 0.15) is 0 Å². The molecule has 0 aromatic heterocycles. The quantitative estimate of drug-likeness (QED) is 0.792. The fourth-order valence-corrected chi connectivity index (χ4v) is 5.19. The first-order valence-electron chi connectivity index (χ1n) is 10.2. The summed E-state index contributed by atoms with van der Waals surface area (Å²) in [5.74, 6) is 2.65. The van der Waals surface area contributed by atoms with E-state index in [2.05, 4.69) is 17.1 Å². The second-order valence-corrected chi connectivity index (χ2v) is 8.39. The number of carbonyl (C=O) groups is 1. The summed E-state index contributed by atoms with van der Waals surface area (Å²) in [4.78, 5) is 15.1. The molecule has 2 unspecified atom stereocenters. The Labute approximate surface area is 154 Å². The molecule has 3 fully saturated rings. The minimum atomic E-state index is 0. The molecule has 0 aromatic carbocycles. The van der Waals surface area contributed by atoms with Gasteiger partial charge in [-0.25, -0.2) is 0 Å². The van der Waals surface area contributed by atoms with Gasteiger partial charge in [-0.1, -0.05) is 39.0 Å². The average molecular weight is 357 g/mol. The van der Waals surface area contributed by atoms with Gasteiger partial charge >= 0.3 is 0 Å². The fraction of sp³-hybridized carbons (Fsp3) is 0.950. The van der Waals surface area contributed by atoms with Gasteiger partial charge in [-0.05, 0) is 62.9 Å². The summed E-state index contributed by atoms with van der Waals surface area (Å²) in [6.45, 7) is 5.60. The number of likely N-dealkylation sites (tertiary alicyclic amines) is 1. The number of hydrogen-bond acceptors (Lipinski definition) is 2. The van der Waals surface area contributed by atoms with Crippen LogP contribution in [-0.2, 0) is 4.79 Å². The highest BCUT2D eigenvalue weighted by molar-refractivity contribution is 5.85. The summed E-state index contributed by atoms with van der Waals surface area (Å²) < 4.78 is 0. The summed E-state index contributed by atoms with van der Waals surface area (Å²) >= 11 is 0. The number of nitrogens with one attached hydrogen (secondary N) is 1. The summed E-state index contributed by atoms with van der Waals surface area (Å²) in [6.07, 6.45) is 14.1. The molecule has 140 valence electrons. The first-order valence-corrected chi connectivity index (χ1v) is 10.2. The molecule has 24 heavy (non-hydrogen) atoms. The molecule has 0 radical (unpaired) electrons. The number of nitrogens with zero attached hydrogens (tertiary/aromatic N) is 1. The van der Waals surface area contributed by atoms with Crippen molar-refractivity contribution in [2.45, 2.75) is 83.6 Å². The maximum atomic E-state index is 12.9. The van der Waals surface area contributed by atoms with Crippen LogP contribution in [-0.4, -0.2) is 36.5 Å². The molecule has 3 aliphatic rings. The Morgan fingerprint density at radius 2 is 1.75 bits per heavy atom. The SMILES string of the molecule is CC(CC(=O)N1CCCC1CC1CCCCC1)C1CCNCC1.Cl. The molecule has 0 bridgehead atoms. The van der Waals surface area contributed by atoms with Gasteiger partial charge < -0.3 is 10.2 Å². The van der Waals surface area contributed by atoms with Crippen molar-refractivity contribution in [1.29, 1.82) is 0 Å². The number of hydrogen-bond donors (Lipinski definition) is 1. The van der Waals surface area contributed by atoms with Gasteiger partial charge in [-0.2, -0.15) is 0 Å². The van der Waals surface area contributed by atoms with Gasteiger partial charge in [0.2, 0.25) is 5.91 Å². The topological polar surface area (TPSA) is 32.3 Å². The van der Waals surface area contributed by atoms with Gasteiger partial charge in [0.25, 0.3) is 0 Å². The monoisotopic (exact) mass is 356 g/mol. The van der Waals surface area contributed by atoms with Crippen molar-refractivity contribution >= 4 is 18.3 Å². The molecule has 1 N–H and O–H groups in total. The Balaban J connectivity index is 0.00000208. The van der Waals surface area contributed by atoms with Gasteiger partial charge in [0.05, 0.1) is 0 Å². The maximum absolute atomic E-state index is 12.9.